The molecule has 3 nitrogen and oxygen atoms in total. The number of fused-ring (bicyclic) bond motifs is 5. The minimum absolute atomic E-state index is 0.0503. The lowest BCUT2D eigenvalue weighted by Gasteiger charge is -2.73. The van der Waals surface area contributed by atoms with Crippen molar-refractivity contribution >= 4 is 5.97 Å². The van der Waals surface area contributed by atoms with Gasteiger partial charge in [-0.1, -0.05) is 48.5 Å². The second-order valence-corrected chi connectivity index (χ2v) is 16.2. The Morgan fingerprint density at radius 1 is 0.771 bits per heavy atom. The third kappa shape index (κ3) is 2.97. The molecule has 0 radical (unpaired) electrons. The zero-order valence-electron chi connectivity index (χ0n) is 24.0. The highest BCUT2D eigenvalue weighted by atomic mass is 16.5. The van der Waals surface area contributed by atoms with E-state index in [0.717, 1.165) is 30.8 Å². The highest BCUT2D eigenvalue weighted by Crippen LogP contribution is 2.78. The molecule has 6 fully saturated rings. The van der Waals surface area contributed by atoms with Crippen LogP contribution < -0.4 is 0 Å². The summed E-state index contributed by atoms with van der Waals surface area (Å²) < 4.78 is 12.7. The van der Waals surface area contributed by atoms with E-state index >= 15 is 0 Å². The fraction of sp³-hybridized carbons (Fsp3) is 0.969. The summed E-state index contributed by atoms with van der Waals surface area (Å²) in [4.78, 5) is 11.9. The average molecular weight is 485 g/mol. The summed E-state index contributed by atoms with van der Waals surface area (Å²) in [6, 6.07) is 0. The maximum Gasteiger partial charge on any atom is 0.302 e. The summed E-state index contributed by atoms with van der Waals surface area (Å²) in [6.07, 6.45) is 13.7. The smallest absolute Gasteiger partial charge is 0.302 e. The van der Waals surface area contributed by atoms with Gasteiger partial charge in [0.1, 0.15) is 6.10 Å². The zero-order chi connectivity index (χ0) is 25.2. The van der Waals surface area contributed by atoms with Crippen LogP contribution in [0.4, 0.5) is 0 Å². The highest BCUT2D eigenvalue weighted by molar-refractivity contribution is 5.66. The highest BCUT2D eigenvalue weighted by Gasteiger charge is 2.72. The Labute approximate surface area is 214 Å². The molecule has 2 bridgehead atoms. The van der Waals surface area contributed by atoms with Crippen LogP contribution in [0.15, 0.2) is 0 Å². The van der Waals surface area contributed by atoms with Crippen LogP contribution in [0.3, 0.4) is 0 Å². The average Bonchev–Trinajstić information content (AvgIpc) is 3.10. The first-order valence-electron chi connectivity index (χ1n) is 15.0. The molecule has 1 heterocycles. The fourth-order valence-corrected chi connectivity index (χ4v) is 12.4. The van der Waals surface area contributed by atoms with Crippen molar-refractivity contribution in [2.24, 2.45) is 56.2 Å². The van der Waals surface area contributed by atoms with Gasteiger partial charge in [-0.25, -0.2) is 0 Å². The monoisotopic (exact) mass is 484 g/mol. The number of hydrogen-bond acceptors (Lipinski definition) is 3. The number of rotatable bonds is 1. The van der Waals surface area contributed by atoms with Gasteiger partial charge in [0.05, 0.1) is 12.7 Å². The van der Waals surface area contributed by atoms with E-state index in [1.807, 2.05) is 0 Å². The molecule has 35 heavy (non-hydrogen) atoms. The van der Waals surface area contributed by atoms with Crippen LogP contribution in [-0.2, 0) is 14.3 Å². The second-order valence-electron chi connectivity index (χ2n) is 16.2. The minimum Gasteiger partial charge on any atom is -0.462 e. The zero-order valence-corrected chi connectivity index (χ0v) is 24.0. The van der Waals surface area contributed by atoms with E-state index in [-0.39, 0.29) is 17.5 Å². The Balaban J connectivity index is 1.35. The van der Waals surface area contributed by atoms with Gasteiger partial charge in [-0.2, -0.15) is 0 Å². The lowest BCUT2D eigenvalue weighted by Crippen LogP contribution is -2.67. The molecule has 5 saturated carbocycles. The van der Waals surface area contributed by atoms with Crippen LogP contribution in [0.2, 0.25) is 0 Å². The lowest BCUT2D eigenvalue weighted by molar-refractivity contribution is -0.254. The van der Waals surface area contributed by atoms with Gasteiger partial charge >= 0.3 is 5.97 Å². The molecule has 0 aromatic carbocycles. The maximum absolute atomic E-state index is 11.9. The number of hydrogen-bond donors (Lipinski definition) is 0. The van der Waals surface area contributed by atoms with Crippen molar-refractivity contribution in [3.63, 3.8) is 0 Å². The molecular formula is C32H52O3. The molecule has 0 aromatic rings. The Morgan fingerprint density at radius 2 is 1.49 bits per heavy atom. The van der Waals surface area contributed by atoms with Crippen molar-refractivity contribution in [1.29, 1.82) is 0 Å². The van der Waals surface area contributed by atoms with Crippen molar-refractivity contribution < 1.29 is 14.3 Å². The van der Waals surface area contributed by atoms with Crippen LogP contribution >= 0.6 is 0 Å². The standard InChI is InChI=1S/C32H52O3/c1-20(33)35-24-12-13-29(6)22(28(24,4)5)11-14-31(8)23(29)10-9-21-25-26-27(2,3)15-17-32(25,19-34-26)18-16-30(21,31)7/h21-26H,9-19H2,1-8H3/t21-,22-,23-,24-,25-,26-,29-,30-,31-,32-/m1/s1. The Morgan fingerprint density at radius 3 is 2.20 bits per heavy atom. The number of carbonyl (C=O) groups excluding carboxylic acids is 1. The van der Waals surface area contributed by atoms with Gasteiger partial charge in [-0.05, 0) is 115 Å². The SMILES string of the molecule is CC(=O)O[C@@H]1CC[C@]2(C)[C@H](CC[C@]3(C)[C@@H]2CC[C@@H]2[C@@H]4[C@H]5OC[C@@]4(CCC5(C)C)CC[C@]23C)C1(C)C. The van der Waals surface area contributed by atoms with Crippen LogP contribution in [0.1, 0.15) is 120 Å². The summed E-state index contributed by atoms with van der Waals surface area (Å²) >= 11 is 0. The molecule has 0 N–H and O–H groups in total. The summed E-state index contributed by atoms with van der Waals surface area (Å²) in [6.45, 7) is 20.5. The van der Waals surface area contributed by atoms with Gasteiger partial charge in [-0.15, -0.1) is 0 Å². The number of ether oxygens (including phenoxy) is 2. The largest absolute Gasteiger partial charge is 0.462 e. The van der Waals surface area contributed by atoms with Gasteiger partial charge in [0.15, 0.2) is 0 Å². The molecule has 1 saturated heterocycles. The Kier molecular flexibility index (Phi) is 5.16. The van der Waals surface area contributed by atoms with Gasteiger partial charge in [0.2, 0.25) is 0 Å². The minimum atomic E-state index is -0.108. The van der Waals surface area contributed by atoms with Crippen molar-refractivity contribution in [3.8, 4) is 0 Å². The number of carbonyl (C=O) groups is 1. The molecule has 10 atom stereocenters. The van der Waals surface area contributed by atoms with Gasteiger partial charge < -0.3 is 9.47 Å². The molecule has 0 aromatic heterocycles. The van der Waals surface area contributed by atoms with Crippen molar-refractivity contribution in [1.82, 2.24) is 0 Å². The van der Waals surface area contributed by atoms with E-state index in [2.05, 4.69) is 48.5 Å². The second kappa shape index (κ2) is 7.29. The predicted molar refractivity (Wildman–Crippen MR) is 140 cm³/mol. The molecule has 5 aliphatic carbocycles. The molecule has 3 heteroatoms. The summed E-state index contributed by atoms with van der Waals surface area (Å²) in [5.41, 5.74) is 2.00. The normalized spacial score (nSPS) is 55.7. The molecule has 6 aliphatic rings. The van der Waals surface area contributed by atoms with E-state index in [0.29, 0.717) is 39.1 Å². The van der Waals surface area contributed by atoms with E-state index in [9.17, 15) is 4.79 Å². The molecule has 0 spiro atoms. The van der Waals surface area contributed by atoms with Crippen LogP contribution in [0.5, 0.6) is 0 Å². The first-order chi connectivity index (χ1) is 16.2. The summed E-state index contributed by atoms with van der Waals surface area (Å²) in [5.74, 6) is 2.88. The molecule has 0 amide bonds. The Hall–Kier alpha value is -0.570. The third-order valence-electron chi connectivity index (χ3n) is 14.4. The topological polar surface area (TPSA) is 35.5 Å². The van der Waals surface area contributed by atoms with Gasteiger partial charge in [-0.3, -0.25) is 4.79 Å². The third-order valence-corrected chi connectivity index (χ3v) is 14.4. The first kappa shape index (κ1) is 24.7. The Bertz CT molecular complexity index is 906. The van der Waals surface area contributed by atoms with Crippen molar-refractivity contribution in [3.05, 3.63) is 0 Å². The molecule has 6 rings (SSSR count). The first-order valence-corrected chi connectivity index (χ1v) is 15.0. The van der Waals surface area contributed by atoms with E-state index in [1.54, 1.807) is 6.92 Å². The van der Waals surface area contributed by atoms with Crippen LogP contribution in [0.25, 0.3) is 0 Å². The van der Waals surface area contributed by atoms with Crippen molar-refractivity contribution in [2.75, 3.05) is 6.61 Å². The van der Waals surface area contributed by atoms with Gasteiger partial charge in [0.25, 0.3) is 0 Å². The van der Waals surface area contributed by atoms with Crippen LogP contribution in [-0.4, -0.2) is 24.8 Å². The van der Waals surface area contributed by atoms with E-state index < -0.39 is 0 Å². The predicted octanol–water partition coefficient (Wildman–Crippen LogP) is 7.81. The van der Waals surface area contributed by atoms with E-state index in [4.69, 9.17) is 9.47 Å². The van der Waals surface area contributed by atoms with Crippen LogP contribution in [0, 0.1) is 56.2 Å². The van der Waals surface area contributed by atoms with Gasteiger partial charge in [0, 0.05) is 12.3 Å². The fourth-order valence-electron chi connectivity index (χ4n) is 12.4. The lowest BCUT2D eigenvalue weighted by atomic mass is 9.31. The number of esters is 1. The molecule has 1 aliphatic heterocycles. The molecule has 0 unspecified atom stereocenters. The molecular weight excluding hydrogens is 432 g/mol. The maximum atomic E-state index is 11.9. The quantitative estimate of drug-likeness (QED) is 0.356. The van der Waals surface area contributed by atoms with Crippen molar-refractivity contribution in [2.45, 2.75) is 132 Å². The molecule has 198 valence electrons. The summed E-state index contributed by atoms with van der Waals surface area (Å²) in [5, 5.41) is 0. The summed E-state index contributed by atoms with van der Waals surface area (Å²) in [7, 11) is 0. The van der Waals surface area contributed by atoms with E-state index in [1.165, 1.54) is 57.8 Å².